The van der Waals surface area contributed by atoms with E-state index < -0.39 is 0 Å². The summed E-state index contributed by atoms with van der Waals surface area (Å²) in [4.78, 5) is 11.7. The third-order valence-corrected chi connectivity index (χ3v) is 5.11. The number of carbonyl (C=O) groups is 1. The molecule has 1 amide bonds. The quantitative estimate of drug-likeness (QED) is 0.573. The van der Waals surface area contributed by atoms with Gasteiger partial charge in [0.15, 0.2) is 4.77 Å². The summed E-state index contributed by atoms with van der Waals surface area (Å²) in [5.41, 5.74) is 5.03. The second-order valence-electron chi connectivity index (χ2n) is 6.64. The highest BCUT2D eigenvalue weighted by molar-refractivity contribution is 7.71. The number of hydrogen-bond acceptors (Lipinski definition) is 2. The Hall–Kier alpha value is -2.66. The van der Waals surface area contributed by atoms with Gasteiger partial charge in [-0.1, -0.05) is 49.7 Å². The first-order chi connectivity index (χ1) is 13.0. The zero-order valence-corrected chi connectivity index (χ0v) is 16.8. The van der Waals surface area contributed by atoms with Gasteiger partial charge in [-0.05, 0) is 43.3 Å². The van der Waals surface area contributed by atoms with E-state index in [-0.39, 0.29) is 5.91 Å². The number of amides is 1. The van der Waals surface area contributed by atoms with Gasteiger partial charge in [-0.25, -0.2) is 0 Å². The van der Waals surface area contributed by atoms with Gasteiger partial charge in [0.25, 0.3) is 0 Å². The SMILES string of the molecule is CCCCc1c(-c2ccccc2NC(C)=O)n(-c2ccccc2)c(=S)n1C. The first kappa shape index (κ1) is 19.1. The van der Waals surface area contributed by atoms with E-state index in [0.717, 1.165) is 46.7 Å². The van der Waals surface area contributed by atoms with Crippen LogP contribution in [0.5, 0.6) is 0 Å². The van der Waals surface area contributed by atoms with Gasteiger partial charge in [0.2, 0.25) is 5.91 Å². The molecule has 3 aromatic rings. The molecule has 0 aliphatic rings. The summed E-state index contributed by atoms with van der Waals surface area (Å²) in [6.45, 7) is 3.72. The minimum absolute atomic E-state index is 0.0849. The third-order valence-electron chi connectivity index (χ3n) is 4.65. The van der Waals surface area contributed by atoms with Crippen molar-refractivity contribution in [2.45, 2.75) is 33.1 Å². The number of unbranched alkanes of at least 4 members (excludes halogenated alkanes) is 1. The molecule has 3 rings (SSSR count). The van der Waals surface area contributed by atoms with Crippen LogP contribution < -0.4 is 5.32 Å². The molecule has 140 valence electrons. The number of nitrogens with zero attached hydrogens (tertiary/aromatic N) is 2. The maximum absolute atomic E-state index is 11.7. The molecule has 2 aromatic carbocycles. The average Bonchev–Trinajstić information content (AvgIpc) is 2.91. The molecule has 5 heteroatoms. The Labute approximate surface area is 165 Å². The zero-order valence-electron chi connectivity index (χ0n) is 16.0. The number of imidazole rings is 1. The summed E-state index contributed by atoms with van der Waals surface area (Å²) >= 11 is 5.80. The smallest absolute Gasteiger partial charge is 0.221 e. The van der Waals surface area contributed by atoms with E-state index in [9.17, 15) is 4.79 Å². The van der Waals surface area contributed by atoms with Crippen LogP contribution in [0, 0.1) is 4.77 Å². The zero-order chi connectivity index (χ0) is 19.4. The van der Waals surface area contributed by atoms with Gasteiger partial charge < -0.3 is 9.88 Å². The Morgan fingerprint density at radius 2 is 1.74 bits per heavy atom. The van der Waals surface area contributed by atoms with Crippen LogP contribution in [0.2, 0.25) is 0 Å². The van der Waals surface area contributed by atoms with E-state index in [4.69, 9.17) is 12.2 Å². The lowest BCUT2D eigenvalue weighted by atomic mass is 10.0. The lowest BCUT2D eigenvalue weighted by Crippen LogP contribution is -2.08. The summed E-state index contributed by atoms with van der Waals surface area (Å²) in [6.07, 6.45) is 3.12. The van der Waals surface area contributed by atoms with E-state index in [1.165, 1.54) is 12.6 Å². The summed E-state index contributed by atoms with van der Waals surface area (Å²) in [5.74, 6) is -0.0849. The van der Waals surface area contributed by atoms with Crippen LogP contribution in [-0.4, -0.2) is 15.0 Å². The molecule has 0 saturated carbocycles. The van der Waals surface area contributed by atoms with Crippen LogP contribution >= 0.6 is 12.2 Å². The molecule has 0 saturated heterocycles. The fraction of sp³-hybridized carbons (Fsp3) is 0.273. The predicted octanol–water partition coefficient (Wildman–Crippen LogP) is 5.51. The topological polar surface area (TPSA) is 39.0 Å². The maximum atomic E-state index is 11.7. The molecule has 0 aliphatic heterocycles. The van der Waals surface area contributed by atoms with Crippen molar-refractivity contribution >= 4 is 23.8 Å². The third kappa shape index (κ3) is 3.88. The van der Waals surface area contributed by atoms with Crippen molar-refractivity contribution in [1.82, 2.24) is 9.13 Å². The second-order valence-corrected chi connectivity index (χ2v) is 7.00. The molecule has 4 nitrogen and oxygen atoms in total. The molecule has 27 heavy (non-hydrogen) atoms. The first-order valence-electron chi connectivity index (χ1n) is 9.27. The number of rotatable bonds is 6. The molecule has 0 fully saturated rings. The molecular weight excluding hydrogens is 354 g/mol. The molecule has 0 radical (unpaired) electrons. The van der Waals surface area contributed by atoms with Crippen molar-refractivity contribution in [2.75, 3.05) is 5.32 Å². The molecule has 0 spiro atoms. The van der Waals surface area contributed by atoms with Gasteiger partial charge in [-0.15, -0.1) is 0 Å². The Morgan fingerprint density at radius 1 is 1.07 bits per heavy atom. The fourth-order valence-corrected chi connectivity index (χ4v) is 3.67. The van der Waals surface area contributed by atoms with E-state index in [1.54, 1.807) is 0 Å². The highest BCUT2D eigenvalue weighted by Crippen LogP contribution is 2.35. The molecule has 0 aliphatic carbocycles. The van der Waals surface area contributed by atoms with Crippen molar-refractivity contribution in [1.29, 1.82) is 0 Å². The predicted molar refractivity (Wildman–Crippen MR) is 114 cm³/mol. The number of aromatic nitrogens is 2. The standard InChI is InChI=1S/C22H25N3OS/c1-4-5-15-20-21(18-13-9-10-14-19(18)23-16(2)26)25(22(27)24(20)3)17-11-7-6-8-12-17/h6-14H,4-5,15H2,1-3H3,(H,23,26). The highest BCUT2D eigenvalue weighted by atomic mass is 32.1. The van der Waals surface area contributed by atoms with E-state index in [2.05, 4.69) is 33.5 Å². The number of hydrogen-bond donors (Lipinski definition) is 1. The largest absolute Gasteiger partial charge is 0.326 e. The molecular formula is C22H25N3OS. The van der Waals surface area contributed by atoms with E-state index in [1.807, 2.05) is 49.5 Å². The van der Waals surface area contributed by atoms with Gasteiger partial charge in [0.1, 0.15) is 0 Å². The van der Waals surface area contributed by atoms with Gasteiger partial charge in [0.05, 0.1) is 11.4 Å². The lowest BCUT2D eigenvalue weighted by Gasteiger charge is -2.15. The Bertz CT molecular complexity index is 1000. The van der Waals surface area contributed by atoms with Gasteiger partial charge in [-0.3, -0.25) is 9.36 Å². The number of carbonyl (C=O) groups excluding carboxylic acids is 1. The van der Waals surface area contributed by atoms with Crippen molar-refractivity contribution < 1.29 is 4.79 Å². The van der Waals surface area contributed by atoms with Gasteiger partial charge in [0, 0.05) is 30.9 Å². The normalized spacial score (nSPS) is 10.8. The molecule has 0 unspecified atom stereocenters. The molecule has 1 heterocycles. The summed E-state index contributed by atoms with van der Waals surface area (Å²) < 4.78 is 4.96. The van der Waals surface area contributed by atoms with Crippen LogP contribution in [0.3, 0.4) is 0 Å². The summed E-state index contributed by atoms with van der Waals surface area (Å²) in [6, 6.07) is 18.1. The Morgan fingerprint density at radius 3 is 2.41 bits per heavy atom. The Balaban J connectivity index is 2.32. The summed E-state index contributed by atoms with van der Waals surface area (Å²) in [7, 11) is 2.03. The number of benzene rings is 2. The molecule has 0 bridgehead atoms. The van der Waals surface area contributed by atoms with Crippen molar-refractivity contribution in [2.24, 2.45) is 7.05 Å². The van der Waals surface area contributed by atoms with Crippen molar-refractivity contribution in [3.05, 3.63) is 65.1 Å². The van der Waals surface area contributed by atoms with Gasteiger partial charge >= 0.3 is 0 Å². The Kier molecular flexibility index (Phi) is 5.91. The number of para-hydroxylation sites is 2. The maximum Gasteiger partial charge on any atom is 0.221 e. The lowest BCUT2D eigenvalue weighted by molar-refractivity contribution is -0.114. The number of anilines is 1. The van der Waals surface area contributed by atoms with E-state index >= 15 is 0 Å². The minimum Gasteiger partial charge on any atom is -0.326 e. The van der Waals surface area contributed by atoms with Crippen LogP contribution in [0.15, 0.2) is 54.6 Å². The minimum atomic E-state index is -0.0849. The summed E-state index contributed by atoms with van der Waals surface area (Å²) in [5, 5.41) is 2.97. The van der Waals surface area contributed by atoms with Crippen LogP contribution in [0.4, 0.5) is 5.69 Å². The monoisotopic (exact) mass is 379 g/mol. The fourth-order valence-electron chi connectivity index (χ4n) is 3.36. The first-order valence-corrected chi connectivity index (χ1v) is 9.68. The van der Waals surface area contributed by atoms with Gasteiger partial charge in [-0.2, -0.15) is 0 Å². The molecule has 0 atom stereocenters. The highest BCUT2D eigenvalue weighted by Gasteiger charge is 2.20. The van der Waals surface area contributed by atoms with Crippen LogP contribution in [0.1, 0.15) is 32.4 Å². The van der Waals surface area contributed by atoms with Crippen molar-refractivity contribution in [3.63, 3.8) is 0 Å². The molecule has 1 N–H and O–H groups in total. The molecule has 1 aromatic heterocycles. The van der Waals surface area contributed by atoms with Crippen LogP contribution in [-0.2, 0) is 18.3 Å². The van der Waals surface area contributed by atoms with Crippen LogP contribution in [0.25, 0.3) is 16.9 Å². The second kappa shape index (κ2) is 8.35. The number of nitrogens with one attached hydrogen (secondary N) is 1. The van der Waals surface area contributed by atoms with E-state index in [0.29, 0.717) is 0 Å². The average molecular weight is 380 g/mol. The van der Waals surface area contributed by atoms with Crippen molar-refractivity contribution in [3.8, 4) is 16.9 Å².